The lowest BCUT2D eigenvalue weighted by molar-refractivity contribution is -0.116. The summed E-state index contributed by atoms with van der Waals surface area (Å²) in [5, 5.41) is 3.59. The number of hydrogen-bond acceptors (Lipinski definition) is 1. The minimum absolute atomic E-state index is 0.0298. The van der Waals surface area contributed by atoms with E-state index >= 15 is 0 Å². The lowest BCUT2D eigenvalue weighted by Gasteiger charge is -2.08. The van der Waals surface area contributed by atoms with Crippen molar-refractivity contribution in [1.29, 1.82) is 0 Å². The molecule has 1 rings (SSSR count). The molecule has 0 atom stereocenters. The Morgan fingerprint density at radius 3 is 2.69 bits per heavy atom. The monoisotopic (exact) mass is 259 g/mol. The number of rotatable bonds is 4. The summed E-state index contributed by atoms with van der Waals surface area (Å²) < 4.78 is 0. The van der Waals surface area contributed by atoms with E-state index < -0.39 is 0 Å². The lowest BCUT2D eigenvalue weighted by atomic mass is 10.1. The van der Waals surface area contributed by atoms with Gasteiger partial charge in [-0.3, -0.25) is 4.79 Å². The van der Waals surface area contributed by atoms with Crippen molar-refractivity contribution >= 4 is 34.8 Å². The Morgan fingerprint density at radius 1 is 1.38 bits per heavy atom. The molecule has 16 heavy (non-hydrogen) atoms. The fourth-order valence-corrected chi connectivity index (χ4v) is 1.58. The van der Waals surface area contributed by atoms with Gasteiger partial charge in [-0.25, -0.2) is 0 Å². The van der Waals surface area contributed by atoms with E-state index in [1.807, 2.05) is 0 Å². The molecule has 88 valence electrons. The van der Waals surface area contributed by atoms with Gasteiger partial charge in [0.05, 0.1) is 15.7 Å². The zero-order valence-corrected chi connectivity index (χ0v) is 10.9. The molecule has 0 spiro atoms. The molecule has 2 nitrogen and oxygen atoms in total. The average Bonchev–Trinajstić information content (AvgIpc) is 2.22. The number of halogens is 2. The Bertz CT molecular complexity index is 377. The molecule has 1 aromatic rings. The summed E-state index contributed by atoms with van der Waals surface area (Å²) in [7, 11) is 0. The van der Waals surface area contributed by atoms with Crippen LogP contribution in [-0.2, 0) is 4.79 Å². The molecular weight excluding hydrogens is 245 g/mol. The van der Waals surface area contributed by atoms with Crippen LogP contribution in [0, 0.1) is 5.92 Å². The minimum Gasteiger partial charge on any atom is -0.325 e. The van der Waals surface area contributed by atoms with Gasteiger partial charge < -0.3 is 5.32 Å². The molecular formula is C12H15Cl2NO. The Morgan fingerprint density at radius 2 is 2.06 bits per heavy atom. The van der Waals surface area contributed by atoms with E-state index in [1.165, 1.54) is 0 Å². The molecule has 0 aliphatic rings. The second-order valence-corrected chi connectivity index (χ2v) is 4.87. The van der Waals surface area contributed by atoms with Crippen molar-refractivity contribution < 1.29 is 4.79 Å². The third-order valence-corrected chi connectivity index (χ3v) is 2.99. The van der Waals surface area contributed by atoms with Crippen molar-refractivity contribution in [2.45, 2.75) is 26.7 Å². The summed E-state index contributed by atoms with van der Waals surface area (Å²) in [6.07, 6.45) is 1.37. The predicted molar refractivity (Wildman–Crippen MR) is 69.2 cm³/mol. The van der Waals surface area contributed by atoms with Crippen LogP contribution < -0.4 is 5.32 Å². The summed E-state index contributed by atoms with van der Waals surface area (Å²) in [5.74, 6) is 0.485. The fraction of sp³-hybridized carbons (Fsp3) is 0.417. The van der Waals surface area contributed by atoms with Crippen LogP contribution in [0.2, 0.25) is 10.0 Å². The van der Waals surface area contributed by atoms with E-state index in [0.29, 0.717) is 28.1 Å². The lowest BCUT2D eigenvalue weighted by Crippen LogP contribution is -2.12. The van der Waals surface area contributed by atoms with Gasteiger partial charge in [0.25, 0.3) is 0 Å². The first-order valence-electron chi connectivity index (χ1n) is 5.24. The van der Waals surface area contributed by atoms with Gasteiger partial charge in [0.15, 0.2) is 0 Å². The maximum Gasteiger partial charge on any atom is 0.224 e. The molecule has 1 amide bonds. The molecule has 0 aliphatic carbocycles. The quantitative estimate of drug-likeness (QED) is 0.855. The van der Waals surface area contributed by atoms with E-state index in [1.54, 1.807) is 18.2 Å². The Balaban J connectivity index is 2.59. The number of anilines is 1. The van der Waals surface area contributed by atoms with Crippen LogP contribution in [0.4, 0.5) is 5.69 Å². The first-order valence-corrected chi connectivity index (χ1v) is 6.00. The van der Waals surface area contributed by atoms with Crippen LogP contribution in [0.5, 0.6) is 0 Å². The molecule has 0 saturated carbocycles. The van der Waals surface area contributed by atoms with Crippen LogP contribution in [0.3, 0.4) is 0 Å². The first kappa shape index (κ1) is 13.3. The highest BCUT2D eigenvalue weighted by Crippen LogP contribution is 2.29. The summed E-state index contributed by atoms with van der Waals surface area (Å²) in [5.41, 5.74) is 0.572. The smallest absolute Gasteiger partial charge is 0.224 e. The largest absolute Gasteiger partial charge is 0.325 e. The molecule has 1 N–H and O–H groups in total. The van der Waals surface area contributed by atoms with Crippen LogP contribution in [0.25, 0.3) is 0 Å². The number of amides is 1. The second kappa shape index (κ2) is 6.12. The van der Waals surface area contributed by atoms with E-state index in [9.17, 15) is 4.79 Å². The Kier molecular flexibility index (Phi) is 5.10. The van der Waals surface area contributed by atoms with Gasteiger partial charge in [-0.05, 0) is 24.5 Å². The molecule has 0 aliphatic heterocycles. The number of benzene rings is 1. The number of nitrogens with one attached hydrogen (secondary N) is 1. The van der Waals surface area contributed by atoms with Crippen molar-refractivity contribution in [3.05, 3.63) is 28.2 Å². The highest BCUT2D eigenvalue weighted by Gasteiger charge is 2.08. The molecule has 1 aromatic carbocycles. The zero-order chi connectivity index (χ0) is 12.1. The molecule has 0 heterocycles. The van der Waals surface area contributed by atoms with Crippen molar-refractivity contribution in [2.24, 2.45) is 5.92 Å². The van der Waals surface area contributed by atoms with Crippen LogP contribution >= 0.6 is 23.2 Å². The molecule has 4 heteroatoms. The molecule has 0 bridgehead atoms. The molecule has 0 fully saturated rings. The summed E-state index contributed by atoms with van der Waals surface area (Å²) in [6.45, 7) is 4.17. The zero-order valence-electron chi connectivity index (χ0n) is 9.39. The number of hydrogen-bond donors (Lipinski definition) is 1. The van der Waals surface area contributed by atoms with Gasteiger partial charge in [0.1, 0.15) is 0 Å². The van der Waals surface area contributed by atoms with Gasteiger partial charge in [0, 0.05) is 6.42 Å². The van der Waals surface area contributed by atoms with Gasteiger partial charge >= 0.3 is 0 Å². The maximum absolute atomic E-state index is 11.6. The topological polar surface area (TPSA) is 29.1 Å². The van der Waals surface area contributed by atoms with Crippen LogP contribution in [0.15, 0.2) is 18.2 Å². The van der Waals surface area contributed by atoms with Crippen LogP contribution in [-0.4, -0.2) is 5.91 Å². The Labute approximate surface area is 106 Å². The molecule has 0 unspecified atom stereocenters. The van der Waals surface area contributed by atoms with E-state index in [2.05, 4.69) is 19.2 Å². The predicted octanol–water partition coefficient (Wildman–Crippen LogP) is 4.37. The van der Waals surface area contributed by atoms with Gasteiger partial charge in [-0.15, -0.1) is 0 Å². The first-order chi connectivity index (χ1) is 7.50. The highest BCUT2D eigenvalue weighted by molar-refractivity contribution is 6.43. The maximum atomic E-state index is 11.6. The van der Waals surface area contributed by atoms with Gasteiger partial charge in [-0.1, -0.05) is 43.1 Å². The molecule has 0 radical (unpaired) electrons. The van der Waals surface area contributed by atoms with Gasteiger partial charge in [-0.2, -0.15) is 0 Å². The summed E-state index contributed by atoms with van der Waals surface area (Å²) >= 11 is 11.8. The summed E-state index contributed by atoms with van der Waals surface area (Å²) in [4.78, 5) is 11.6. The van der Waals surface area contributed by atoms with Gasteiger partial charge in [0.2, 0.25) is 5.91 Å². The third kappa shape index (κ3) is 4.03. The third-order valence-electron chi connectivity index (χ3n) is 2.17. The standard InChI is InChI=1S/C12H15Cl2NO/c1-8(2)6-7-11(16)15-10-5-3-4-9(13)12(10)14/h3-5,8H,6-7H2,1-2H3,(H,15,16). The average molecular weight is 260 g/mol. The Hall–Kier alpha value is -0.730. The summed E-state index contributed by atoms with van der Waals surface area (Å²) in [6, 6.07) is 5.18. The number of carbonyl (C=O) groups excluding carboxylic acids is 1. The van der Waals surface area contributed by atoms with E-state index in [0.717, 1.165) is 6.42 Å². The van der Waals surface area contributed by atoms with Crippen molar-refractivity contribution in [3.8, 4) is 0 Å². The van der Waals surface area contributed by atoms with Crippen LogP contribution in [0.1, 0.15) is 26.7 Å². The van der Waals surface area contributed by atoms with Crippen molar-refractivity contribution in [2.75, 3.05) is 5.32 Å². The fourth-order valence-electron chi connectivity index (χ4n) is 1.23. The van der Waals surface area contributed by atoms with E-state index in [4.69, 9.17) is 23.2 Å². The highest BCUT2D eigenvalue weighted by atomic mass is 35.5. The molecule has 0 aromatic heterocycles. The SMILES string of the molecule is CC(C)CCC(=O)Nc1cccc(Cl)c1Cl. The normalized spacial score (nSPS) is 10.6. The number of carbonyl (C=O) groups is 1. The van der Waals surface area contributed by atoms with Crippen molar-refractivity contribution in [3.63, 3.8) is 0 Å². The van der Waals surface area contributed by atoms with E-state index in [-0.39, 0.29) is 5.91 Å². The minimum atomic E-state index is -0.0298. The van der Waals surface area contributed by atoms with Crippen molar-refractivity contribution in [1.82, 2.24) is 0 Å². The molecule has 0 saturated heterocycles. The second-order valence-electron chi connectivity index (χ2n) is 4.08.